The number of aliphatic carboxylic acids is 1. The van der Waals surface area contributed by atoms with Gasteiger partial charge in [0.25, 0.3) is 0 Å². The van der Waals surface area contributed by atoms with Crippen LogP contribution in [0.15, 0.2) is 18.2 Å². The Morgan fingerprint density at radius 2 is 2.29 bits per heavy atom. The Bertz CT molecular complexity index is 602. The molecule has 1 aromatic heterocycles. The monoisotopic (exact) mass is 250 g/mol. The number of hydrogen-bond donors (Lipinski definition) is 2. The second-order valence-electron chi connectivity index (χ2n) is 4.59. The number of halogens is 1. The third-order valence-electron chi connectivity index (χ3n) is 3.45. The normalized spacial score (nSPS) is 17.2. The van der Waals surface area contributed by atoms with Crippen molar-refractivity contribution in [3.05, 3.63) is 28.9 Å². The Labute approximate surface area is 103 Å². The summed E-state index contributed by atoms with van der Waals surface area (Å²) in [7, 11) is 0. The molecule has 2 aromatic rings. The summed E-state index contributed by atoms with van der Waals surface area (Å²) >= 11 is 5.99. The quantitative estimate of drug-likeness (QED) is 0.880. The smallest absolute Gasteiger partial charge is 0.304 e. The zero-order valence-corrected chi connectivity index (χ0v) is 9.79. The topological polar surface area (TPSA) is 66.0 Å². The highest BCUT2D eigenvalue weighted by Gasteiger charge is 2.47. The van der Waals surface area contributed by atoms with Crippen molar-refractivity contribution in [1.29, 1.82) is 0 Å². The Balaban J connectivity index is 2.15. The summed E-state index contributed by atoms with van der Waals surface area (Å²) in [5, 5.41) is 17.3. The van der Waals surface area contributed by atoms with E-state index in [2.05, 4.69) is 10.2 Å². The number of para-hydroxylation sites is 1. The lowest BCUT2D eigenvalue weighted by molar-refractivity contribution is -0.137. The van der Waals surface area contributed by atoms with Gasteiger partial charge in [-0.05, 0) is 24.5 Å². The molecule has 1 aliphatic rings. The number of rotatable bonds is 3. The molecule has 3 rings (SSSR count). The van der Waals surface area contributed by atoms with E-state index in [-0.39, 0.29) is 11.8 Å². The van der Waals surface area contributed by atoms with Crippen LogP contribution < -0.4 is 0 Å². The van der Waals surface area contributed by atoms with E-state index in [1.807, 2.05) is 18.2 Å². The highest BCUT2D eigenvalue weighted by atomic mass is 35.5. The molecule has 5 heteroatoms. The molecular weight excluding hydrogens is 240 g/mol. The minimum absolute atomic E-state index is 0.163. The van der Waals surface area contributed by atoms with Gasteiger partial charge in [-0.2, -0.15) is 5.10 Å². The second kappa shape index (κ2) is 3.47. The standard InChI is InChI=1S/C12H11ClN2O2/c13-11-7-2-1-3-8(10(7)14-15-11)12(4-5-12)6-9(16)17/h1-3H,4-6H2,(H,14,15)(H,16,17). The number of aromatic nitrogens is 2. The van der Waals surface area contributed by atoms with Crippen LogP contribution in [0.5, 0.6) is 0 Å². The predicted molar refractivity (Wildman–Crippen MR) is 64.3 cm³/mol. The van der Waals surface area contributed by atoms with Crippen LogP contribution in [-0.2, 0) is 10.2 Å². The minimum atomic E-state index is -0.763. The summed E-state index contributed by atoms with van der Waals surface area (Å²) in [5.41, 5.74) is 1.57. The van der Waals surface area contributed by atoms with Crippen LogP contribution in [0.4, 0.5) is 0 Å². The van der Waals surface area contributed by atoms with Crippen molar-refractivity contribution >= 4 is 28.5 Å². The number of benzene rings is 1. The number of nitrogens with one attached hydrogen (secondary N) is 1. The lowest BCUT2D eigenvalue weighted by atomic mass is 9.91. The summed E-state index contributed by atoms with van der Waals surface area (Å²) in [6, 6.07) is 5.75. The van der Waals surface area contributed by atoms with Gasteiger partial charge in [0.2, 0.25) is 0 Å². The third kappa shape index (κ3) is 1.60. The van der Waals surface area contributed by atoms with Crippen LogP contribution in [0.25, 0.3) is 10.9 Å². The van der Waals surface area contributed by atoms with Crippen LogP contribution in [0.3, 0.4) is 0 Å². The molecule has 0 amide bonds. The average Bonchev–Trinajstić information content (AvgIpc) is 2.96. The fraction of sp³-hybridized carbons (Fsp3) is 0.333. The van der Waals surface area contributed by atoms with Crippen LogP contribution in [-0.4, -0.2) is 21.3 Å². The van der Waals surface area contributed by atoms with Crippen molar-refractivity contribution in [3.8, 4) is 0 Å². The van der Waals surface area contributed by atoms with Gasteiger partial charge in [0.05, 0.1) is 11.9 Å². The maximum atomic E-state index is 10.9. The minimum Gasteiger partial charge on any atom is -0.481 e. The van der Waals surface area contributed by atoms with E-state index in [1.165, 1.54) is 0 Å². The van der Waals surface area contributed by atoms with Gasteiger partial charge in [-0.25, -0.2) is 0 Å². The van der Waals surface area contributed by atoms with E-state index in [0.29, 0.717) is 5.15 Å². The first kappa shape index (κ1) is 10.6. The van der Waals surface area contributed by atoms with Gasteiger partial charge in [0.1, 0.15) is 5.15 Å². The molecule has 4 nitrogen and oxygen atoms in total. The molecule has 0 aliphatic heterocycles. The molecule has 88 valence electrons. The van der Waals surface area contributed by atoms with Crippen molar-refractivity contribution in [3.63, 3.8) is 0 Å². The van der Waals surface area contributed by atoms with Crippen LogP contribution in [0.1, 0.15) is 24.8 Å². The van der Waals surface area contributed by atoms with Gasteiger partial charge < -0.3 is 5.11 Å². The number of H-pyrrole nitrogens is 1. The summed E-state index contributed by atoms with van der Waals surface area (Å²) in [4.78, 5) is 10.9. The van der Waals surface area contributed by atoms with Crippen molar-refractivity contribution in [2.45, 2.75) is 24.7 Å². The van der Waals surface area contributed by atoms with E-state index in [1.54, 1.807) is 0 Å². The first-order valence-electron chi connectivity index (χ1n) is 5.47. The van der Waals surface area contributed by atoms with Crippen LogP contribution in [0, 0.1) is 0 Å². The molecule has 2 N–H and O–H groups in total. The van der Waals surface area contributed by atoms with Gasteiger partial charge >= 0.3 is 5.97 Å². The second-order valence-corrected chi connectivity index (χ2v) is 4.97. The lowest BCUT2D eigenvalue weighted by Gasteiger charge is -2.13. The lowest BCUT2D eigenvalue weighted by Crippen LogP contribution is -2.13. The van der Waals surface area contributed by atoms with Gasteiger partial charge in [-0.3, -0.25) is 9.89 Å². The largest absolute Gasteiger partial charge is 0.481 e. The molecule has 1 heterocycles. The Morgan fingerprint density at radius 3 is 2.94 bits per heavy atom. The van der Waals surface area contributed by atoms with E-state index in [9.17, 15) is 4.79 Å². The molecule has 0 unspecified atom stereocenters. The average molecular weight is 251 g/mol. The first-order chi connectivity index (χ1) is 8.12. The molecule has 17 heavy (non-hydrogen) atoms. The van der Waals surface area contributed by atoms with Crippen molar-refractivity contribution in [2.75, 3.05) is 0 Å². The fourth-order valence-corrected chi connectivity index (χ4v) is 2.61. The zero-order chi connectivity index (χ0) is 12.0. The van der Waals surface area contributed by atoms with Crippen LogP contribution >= 0.6 is 11.6 Å². The highest BCUT2D eigenvalue weighted by Crippen LogP contribution is 2.52. The highest BCUT2D eigenvalue weighted by molar-refractivity contribution is 6.34. The zero-order valence-electron chi connectivity index (χ0n) is 9.03. The number of fused-ring (bicyclic) bond motifs is 1. The molecule has 0 bridgehead atoms. The SMILES string of the molecule is O=C(O)CC1(c2cccc3c(Cl)[nH]nc23)CC1. The fourth-order valence-electron chi connectivity index (χ4n) is 2.42. The summed E-state index contributed by atoms with van der Waals surface area (Å²) in [6.07, 6.45) is 1.97. The van der Waals surface area contributed by atoms with Crippen molar-refractivity contribution in [2.24, 2.45) is 0 Å². The first-order valence-corrected chi connectivity index (χ1v) is 5.85. The van der Waals surface area contributed by atoms with Gasteiger partial charge in [0, 0.05) is 10.8 Å². The summed E-state index contributed by atoms with van der Waals surface area (Å²) < 4.78 is 0. The molecule has 1 aliphatic carbocycles. The predicted octanol–water partition coefficient (Wildman–Crippen LogP) is 2.72. The molecule has 0 spiro atoms. The third-order valence-corrected chi connectivity index (χ3v) is 3.74. The molecule has 1 fully saturated rings. The Hall–Kier alpha value is -1.55. The van der Waals surface area contributed by atoms with Gasteiger partial charge in [0.15, 0.2) is 0 Å². The van der Waals surface area contributed by atoms with Crippen LogP contribution in [0.2, 0.25) is 5.15 Å². The number of carbonyl (C=O) groups is 1. The molecule has 1 saturated carbocycles. The van der Waals surface area contributed by atoms with E-state index >= 15 is 0 Å². The number of carboxylic acids is 1. The maximum absolute atomic E-state index is 10.9. The molecule has 0 atom stereocenters. The van der Waals surface area contributed by atoms with E-state index < -0.39 is 5.97 Å². The molecule has 0 radical (unpaired) electrons. The molecule has 1 aromatic carbocycles. The van der Waals surface area contributed by atoms with Crippen molar-refractivity contribution < 1.29 is 9.90 Å². The molecular formula is C12H11ClN2O2. The Kier molecular flexibility index (Phi) is 2.16. The number of nitrogens with zero attached hydrogens (tertiary/aromatic N) is 1. The summed E-state index contributed by atoms with van der Waals surface area (Å²) in [6.45, 7) is 0. The molecule has 0 saturated heterocycles. The van der Waals surface area contributed by atoms with E-state index in [0.717, 1.165) is 29.3 Å². The van der Waals surface area contributed by atoms with Crippen molar-refractivity contribution in [1.82, 2.24) is 10.2 Å². The number of aromatic amines is 1. The van der Waals surface area contributed by atoms with E-state index in [4.69, 9.17) is 16.7 Å². The number of hydrogen-bond acceptors (Lipinski definition) is 2. The van der Waals surface area contributed by atoms with Gasteiger partial charge in [-0.1, -0.05) is 23.7 Å². The van der Waals surface area contributed by atoms with Gasteiger partial charge in [-0.15, -0.1) is 0 Å². The maximum Gasteiger partial charge on any atom is 0.304 e. The summed E-state index contributed by atoms with van der Waals surface area (Å²) in [5.74, 6) is -0.763. The Morgan fingerprint density at radius 1 is 1.53 bits per heavy atom. The number of carboxylic acid groups (broad SMARTS) is 1.